The number of ketones is 1. The molecule has 0 amide bonds. The molecule has 0 saturated heterocycles. The second-order valence-electron chi connectivity index (χ2n) is 5.18. The van der Waals surface area contributed by atoms with Gasteiger partial charge in [0.05, 0.1) is 4.92 Å². The first-order chi connectivity index (χ1) is 8.97. The third-order valence-corrected chi connectivity index (χ3v) is 3.50. The smallest absolute Gasteiger partial charge is 0.273 e. The Morgan fingerprint density at radius 3 is 2.89 bits per heavy atom. The summed E-state index contributed by atoms with van der Waals surface area (Å²) in [4.78, 5) is 21.8. The van der Waals surface area contributed by atoms with Crippen molar-refractivity contribution < 1.29 is 9.72 Å². The Bertz CT molecular complexity index is 526. The van der Waals surface area contributed by atoms with E-state index >= 15 is 0 Å². The topological polar surface area (TPSA) is 72.2 Å². The monoisotopic (exact) mass is 262 g/mol. The Morgan fingerprint density at radius 1 is 1.53 bits per heavy atom. The fourth-order valence-electron chi connectivity index (χ4n) is 2.41. The van der Waals surface area contributed by atoms with E-state index in [-0.39, 0.29) is 16.4 Å². The van der Waals surface area contributed by atoms with Crippen molar-refractivity contribution in [3.05, 3.63) is 33.4 Å². The average Bonchev–Trinajstić information content (AvgIpc) is 2.34. The highest BCUT2D eigenvalue weighted by Crippen LogP contribution is 2.32. The van der Waals surface area contributed by atoms with Crippen LogP contribution in [0.5, 0.6) is 0 Å². The van der Waals surface area contributed by atoms with Gasteiger partial charge in [-0.25, -0.2) is 0 Å². The summed E-state index contributed by atoms with van der Waals surface area (Å²) in [6.45, 7) is 3.60. The molecule has 1 N–H and O–H groups in total. The minimum Gasteiger partial charge on any atom is -0.382 e. The minimum atomic E-state index is -0.353. The lowest BCUT2D eigenvalue weighted by Gasteiger charge is -2.24. The molecule has 1 aliphatic rings. The summed E-state index contributed by atoms with van der Waals surface area (Å²) < 4.78 is 0. The van der Waals surface area contributed by atoms with Crippen LogP contribution in [0.25, 0.3) is 0 Å². The van der Waals surface area contributed by atoms with Crippen molar-refractivity contribution >= 4 is 17.2 Å². The van der Waals surface area contributed by atoms with E-state index in [0.29, 0.717) is 24.4 Å². The number of hydrogen-bond donors (Lipinski definition) is 1. The number of nitro benzene ring substituents is 1. The second kappa shape index (κ2) is 5.38. The molecule has 1 heterocycles. The molecule has 102 valence electrons. The molecule has 1 atom stereocenters. The number of nitrogens with zero attached hydrogens (tertiary/aromatic N) is 1. The molecule has 1 aliphatic heterocycles. The molecule has 0 unspecified atom stereocenters. The van der Waals surface area contributed by atoms with E-state index in [1.54, 1.807) is 6.07 Å². The van der Waals surface area contributed by atoms with Gasteiger partial charge >= 0.3 is 0 Å². The van der Waals surface area contributed by atoms with Crippen LogP contribution in [0.2, 0.25) is 0 Å². The molecule has 0 spiro atoms. The van der Waals surface area contributed by atoms with Gasteiger partial charge in [0.1, 0.15) is 5.78 Å². The number of nitro groups is 1. The first-order valence-corrected chi connectivity index (χ1v) is 6.53. The molecule has 0 radical (unpaired) electrons. The average molecular weight is 262 g/mol. The van der Waals surface area contributed by atoms with E-state index in [1.807, 2.05) is 6.07 Å². The van der Waals surface area contributed by atoms with Crippen LogP contribution >= 0.6 is 0 Å². The van der Waals surface area contributed by atoms with Gasteiger partial charge < -0.3 is 10.1 Å². The zero-order chi connectivity index (χ0) is 14.0. The van der Waals surface area contributed by atoms with E-state index in [4.69, 9.17) is 0 Å². The fraction of sp³-hybridized carbons (Fsp3) is 0.500. The Morgan fingerprint density at radius 2 is 2.26 bits per heavy atom. The highest BCUT2D eigenvalue weighted by Gasteiger charge is 2.21. The highest BCUT2D eigenvalue weighted by atomic mass is 16.6. The number of benzene rings is 1. The molecule has 0 saturated carbocycles. The van der Waals surface area contributed by atoms with E-state index < -0.39 is 0 Å². The van der Waals surface area contributed by atoms with Crippen LogP contribution < -0.4 is 5.32 Å². The first-order valence-electron chi connectivity index (χ1n) is 6.53. The van der Waals surface area contributed by atoms with Crippen LogP contribution in [0.3, 0.4) is 0 Å². The van der Waals surface area contributed by atoms with Gasteiger partial charge in [-0.3, -0.25) is 10.1 Å². The SMILES string of the molecule is CC(=O)CCc1cc2c(cc1[N+](=O)[O-])CC[C@H](C)N2. The molecule has 1 aromatic carbocycles. The maximum atomic E-state index is 11.1. The number of carbonyl (C=O) groups is 1. The normalized spacial score (nSPS) is 17.5. The molecule has 0 aromatic heterocycles. The maximum Gasteiger partial charge on any atom is 0.273 e. The van der Waals surface area contributed by atoms with Crippen LogP contribution in [-0.2, 0) is 17.6 Å². The number of hydrogen-bond acceptors (Lipinski definition) is 4. The molecular weight excluding hydrogens is 244 g/mol. The third-order valence-electron chi connectivity index (χ3n) is 3.50. The fourth-order valence-corrected chi connectivity index (χ4v) is 2.41. The first kappa shape index (κ1) is 13.5. The number of nitrogens with one attached hydrogen (secondary N) is 1. The Kier molecular flexibility index (Phi) is 3.83. The van der Waals surface area contributed by atoms with Gasteiger partial charge in [-0.15, -0.1) is 0 Å². The molecule has 2 rings (SSSR count). The van der Waals surface area contributed by atoms with Gasteiger partial charge in [-0.1, -0.05) is 0 Å². The summed E-state index contributed by atoms with van der Waals surface area (Å²) in [5.74, 6) is 0.0494. The van der Waals surface area contributed by atoms with Crippen molar-refractivity contribution in [3.63, 3.8) is 0 Å². The van der Waals surface area contributed by atoms with Gasteiger partial charge in [0.25, 0.3) is 5.69 Å². The van der Waals surface area contributed by atoms with E-state index in [9.17, 15) is 14.9 Å². The minimum absolute atomic E-state index is 0.0494. The lowest BCUT2D eigenvalue weighted by molar-refractivity contribution is -0.385. The van der Waals surface area contributed by atoms with Crippen molar-refractivity contribution in [1.82, 2.24) is 0 Å². The Labute approximate surface area is 112 Å². The molecule has 19 heavy (non-hydrogen) atoms. The summed E-state index contributed by atoms with van der Waals surface area (Å²) in [7, 11) is 0. The van der Waals surface area contributed by atoms with Gasteiger partial charge in [0.2, 0.25) is 0 Å². The lowest BCUT2D eigenvalue weighted by atomic mass is 9.94. The summed E-state index contributed by atoms with van der Waals surface area (Å²) in [5, 5.41) is 14.5. The number of anilines is 1. The zero-order valence-corrected chi connectivity index (χ0v) is 11.2. The summed E-state index contributed by atoms with van der Waals surface area (Å²) in [5.41, 5.74) is 2.75. The van der Waals surface area contributed by atoms with Crippen LogP contribution in [0.4, 0.5) is 11.4 Å². The van der Waals surface area contributed by atoms with Crippen molar-refractivity contribution in [2.75, 3.05) is 5.32 Å². The highest BCUT2D eigenvalue weighted by molar-refractivity contribution is 5.76. The summed E-state index contributed by atoms with van der Waals surface area (Å²) in [6, 6.07) is 3.88. The van der Waals surface area contributed by atoms with Crippen molar-refractivity contribution in [1.29, 1.82) is 0 Å². The van der Waals surface area contributed by atoms with Crippen molar-refractivity contribution in [3.8, 4) is 0 Å². The molecule has 1 aromatic rings. The standard InChI is InChI=1S/C14H18N2O3/c1-9-3-5-11-8-14(16(18)19)12(6-4-10(2)17)7-13(11)15-9/h7-9,15H,3-6H2,1-2H3/t9-/m0/s1. The van der Waals surface area contributed by atoms with Crippen molar-refractivity contribution in [2.45, 2.75) is 45.6 Å². The molecule has 5 nitrogen and oxygen atoms in total. The van der Waals surface area contributed by atoms with Crippen LogP contribution in [0.15, 0.2) is 12.1 Å². The van der Waals surface area contributed by atoms with Crippen LogP contribution in [-0.4, -0.2) is 16.7 Å². The van der Waals surface area contributed by atoms with Crippen molar-refractivity contribution in [2.24, 2.45) is 0 Å². The number of rotatable bonds is 4. The predicted octanol–water partition coefficient (Wildman–Crippen LogP) is 2.86. The maximum absolute atomic E-state index is 11.1. The number of fused-ring (bicyclic) bond motifs is 1. The Hall–Kier alpha value is -1.91. The largest absolute Gasteiger partial charge is 0.382 e. The Balaban J connectivity index is 2.36. The van der Waals surface area contributed by atoms with E-state index in [0.717, 1.165) is 24.1 Å². The predicted molar refractivity (Wildman–Crippen MR) is 73.5 cm³/mol. The molecule has 0 aliphatic carbocycles. The second-order valence-corrected chi connectivity index (χ2v) is 5.18. The number of aryl methyl sites for hydroxylation is 2. The molecule has 0 fully saturated rings. The van der Waals surface area contributed by atoms with Gasteiger partial charge in [-0.05, 0) is 44.7 Å². The lowest BCUT2D eigenvalue weighted by Crippen LogP contribution is -2.22. The van der Waals surface area contributed by atoms with E-state index in [1.165, 1.54) is 6.92 Å². The van der Waals surface area contributed by atoms with Gasteiger partial charge in [0.15, 0.2) is 0 Å². The van der Waals surface area contributed by atoms with Gasteiger partial charge in [0, 0.05) is 29.8 Å². The number of Topliss-reactive ketones (excluding diaryl/α,β-unsaturated/α-hetero) is 1. The van der Waals surface area contributed by atoms with E-state index in [2.05, 4.69) is 12.2 Å². The van der Waals surface area contributed by atoms with Gasteiger partial charge in [-0.2, -0.15) is 0 Å². The molecular formula is C14H18N2O3. The molecule has 0 bridgehead atoms. The number of carbonyl (C=O) groups excluding carboxylic acids is 1. The summed E-state index contributed by atoms with van der Waals surface area (Å²) in [6.07, 6.45) is 2.61. The quantitative estimate of drug-likeness (QED) is 0.669. The third kappa shape index (κ3) is 3.10. The summed E-state index contributed by atoms with van der Waals surface area (Å²) >= 11 is 0. The zero-order valence-electron chi connectivity index (χ0n) is 11.2. The van der Waals surface area contributed by atoms with Crippen LogP contribution in [0.1, 0.15) is 37.8 Å². The molecule has 5 heteroatoms. The van der Waals surface area contributed by atoms with Crippen LogP contribution in [0, 0.1) is 10.1 Å².